The van der Waals surface area contributed by atoms with Gasteiger partial charge in [-0.2, -0.15) is 0 Å². The number of nitrogens with one attached hydrogen (secondary N) is 2. The van der Waals surface area contributed by atoms with Crippen LogP contribution in [0.3, 0.4) is 0 Å². The third kappa shape index (κ3) is 4.76. The first-order valence-electron chi connectivity index (χ1n) is 7.49. The van der Waals surface area contributed by atoms with E-state index < -0.39 is 5.97 Å². The van der Waals surface area contributed by atoms with Gasteiger partial charge in [0.25, 0.3) is 0 Å². The number of amides is 1. The van der Waals surface area contributed by atoms with E-state index in [9.17, 15) is 9.59 Å². The smallest absolute Gasteiger partial charge is 0.306 e. The highest BCUT2D eigenvalue weighted by Crippen LogP contribution is 2.25. The molecule has 1 aliphatic carbocycles. The van der Waals surface area contributed by atoms with Gasteiger partial charge in [0.15, 0.2) is 0 Å². The summed E-state index contributed by atoms with van der Waals surface area (Å²) in [5.74, 6) is -1.09. The second kappa shape index (κ2) is 7.59. The summed E-state index contributed by atoms with van der Waals surface area (Å²) in [6, 6.07) is 0.0162. The molecule has 3 N–H and O–H groups in total. The van der Waals surface area contributed by atoms with Crippen molar-refractivity contribution >= 4 is 11.9 Å². The molecule has 2 atom stereocenters. The number of carboxylic acid groups (broad SMARTS) is 1. The topological polar surface area (TPSA) is 87.7 Å². The van der Waals surface area contributed by atoms with E-state index in [1.54, 1.807) is 0 Å². The van der Waals surface area contributed by atoms with Gasteiger partial charge in [-0.25, -0.2) is 0 Å². The average molecular weight is 284 g/mol. The number of ether oxygens (including phenoxy) is 1. The molecule has 1 heterocycles. The number of hydrogen-bond acceptors (Lipinski definition) is 4. The molecule has 0 radical (unpaired) electrons. The van der Waals surface area contributed by atoms with Crippen LogP contribution in [0, 0.1) is 5.92 Å². The summed E-state index contributed by atoms with van der Waals surface area (Å²) >= 11 is 0. The van der Waals surface area contributed by atoms with Crippen molar-refractivity contribution in [1.82, 2.24) is 10.6 Å². The maximum Gasteiger partial charge on any atom is 0.306 e. The largest absolute Gasteiger partial charge is 0.481 e. The molecule has 114 valence electrons. The van der Waals surface area contributed by atoms with E-state index in [0.29, 0.717) is 25.9 Å². The maximum absolute atomic E-state index is 11.8. The molecule has 1 amide bonds. The number of piperidine rings is 1. The molecule has 0 bridgehead atoms. The molecule has 0 aromatic heterocycles. The number of carboxylic acids is 1. The highest BCUT2D eigenvalue weighted by molar-refractivity contribution is 5.76. The van der Waals surface area contributed by atoms with Crippen LogP contribution in [-0.4, -0.2) is 48.8 Å². The Morgan fingerprint density at radius 2 is 1.95 bits per heavy atom. The van der Waals surface area contributed by atoms with E-state index in [1.165, 1.54) is 0 Å². The van der Waals surface area contributed by atoms with Crippen LogP contribution in [0.25, 0.3) is 0 Å². The highest BCUT2D eigenvalue weighted by Gasteiger charge is 2.30. The molecule has 1 aliphatic heterocycles. The first-order chi connectivity index (χ1) is 9.65. The second-order valence-corrected chi connectivity index (χ2v) is 5.68. The zero-order valence-corrected chi connectivity index (χ0v) is 11.8. The standard InChI is InChI=1S/C14H24N2O4/c17-13(5-8-20-12-3-6-15-7-4-12)16-11-2-1-10(9-11)14(18)19/h10-12,15H,1-9H2,(H,16,17)(H,18,19)/t10-,11+/m1/s1. The van der Waals surface area contributed by atoms with Crippen molar-refractivity contribution < 1.29 is 19.4 Å². The Labute approximate surface area is 119 Å². The Morgan fingerprint density at radius 1 is 1.20 bits per heavy atom. The van der Waals surface area contributed by atoms with Crippen molar-refractivity contribution in [1.29, 1.82) is 0 Å². The van der Waals surface area contributed by atoms with Gasteiger partial charge >= 0.3 is 5.97 Å². The molecule has 0 spiro atoms. The van der Waals surface area contributed by atoms with E-state index in [1.807, 2.05) is 0 Å². The summed E-state index contributed by atoms with van der Waals surface area (Å²) in [6.07, 6.45) is 4.61. The predicted molar refractivity (Wildman–Crippen MR) is 73.4 cm³/mol. The van der Waals surface area contributed by atoms with Crippen molar-refractivity contribution in [3.05, 3.63) is 0 Å². The van der Waals surface area contributed by atoms with Crippen LogP contribution in [0.2, 0.25) is 0 Å². The average Bonchev–Trinajstić information content (AvgIpc) is 2.88. The molecule has 6 nitrogen and oxygen atoms in total. The van der Waals surface area contributed by atoms with Crippen molar-refractivity contribution in [3.63, 3.8) is 0 Å². The first-order valence-corrected chi connectivity index (χ1v) is 7.49. The molecule has 1 saturated heterocycles. The van der Waals surface area contributed by atoms with Crippen molar-refractivity contribution in [3.8, 4) is 0 Å². The molecule has 20 heavy (non-hydrogen) atoms. The van der Waals surface area contributed by atoms with Gasteiger partial charge in [-0.3, -0.25) is 9.59 Å². The first kappa shape index (κ1) is 15.3. The lowest BCUT2D eigenvalue weighted by Gasteiger charge is -2.23. The fourth-order valence-electron chi connectivity index (χ4n) is 2.92. The lowest BCUT2D eigenvalue weighted by Crippen LogP contribution is -2.35. The van der Waals surface area contributed by atoms with Crippen LogP contribution in [0.1, 0.15) is 38.5 Å². The molecular weight excluding hydrogens is 260 g/mol. The van der Waals surface area contributed by atoms with Gasteiger partial charge in [0, 0.05) is 12.5 Å². The normalized spacial score (nSPS) is 27.4. The van der Waals surface area contributed by atoms with E-state index >= 15 is 0 Å². The molecule has 0 aromatic carbocycles. The van der Waals surface area contributed by atoms with E-state index in [2.05, 4.69) is 10.6 Å². The zero-order valence-electron chi connectivity index (χ0n) is 11.8. The Kier molecular flexibility index (Phi) is 5.79. The van der Waals surface area contributed by atoms with Gasteiger partial charge < -0.3 is 20.5 Å². The number of carbonyl (C=O) groups excluding carboxylic acids is 1. The predicted octanol–water partition coefficient (Wildman–Crippen LogP) is 0.515. The third-order valence-corrected chi connectivity index (χ3v) is 4.12. The Hall–Kier alpha value is -1.14. The summed E-state index contributed by atoms with van der Waals surface area (Å²) < 4.78 is 5.68. The second-order valence-electron chi connectivity index (χ2n) is 5.68. The van der Waals surface area contributed by atoms with Crippen molar-refractivity contribution in [2.45, 2.75) is 50.7 Å². The van der Waals surface area contributed by atoms with E-state index in [-0.39, 0.29) is 24.0 Å². The third-order valence-electron chi connectivity index (χ3n) is 4.12. The summed E-state index contributed by atoms with van der Waals surface area (Å²) in [4.78, 5) is 22.6. The van der Waals surface area contributed by atoms with E-state index in [0.717, 1.165) is 32.4 Å². The minimum Gasteiger partial charge on any atom is -0.481 e. The Balaban J connectivity index is 1.57. The van der Waals surface area contributed by atoms with Crippen LogP contribution < -0.4 is 10.6 Å². The SMILES string of the molecule is O=C(CCOC1CCNCC1)N[C@H]1CC[C@@H](C(=O)O)C1. The molecule has 1 saturated carbocycles. The van der Waals surface area contributed by atoms with E-state index in [4.69, 9.17) is 9.84 Å². The molecule has 2 rings (SSSR count). The maximum atomic E-state index is 11.8. The van der Waals surface area contributed by atoms with Crippen LogP contribution in [0.5, 0.6) is 0 Å². The lowest BCUT2D eigenvalue weighted by molar-refractivity contribution is -0.141. The summed E-state index contributed by atoms with van der Waals surface area (Å²) in [5.41, 5.74) is 0. The zero-order chi connectivity index (χ0) is 14.4. The Morgan fingerprint density at radius 3 is 2.60 bits per heavy atom. The van der Waals surface area contributed by atoms with Gasteiger partial charge in [-0.15, -0.1) is 0 Å². The number of aliphatic carboxylic acids is 1. The minimum atomic E-state index is -0.754. The van der Waals surface area contributed by atoms with Crippen molar-refractivity contribution in [2.24, 2.45) is 5.92 Å². The van der Waals surface area contributed by atoms with Crippen LogP contribution >= 0.6 is 0 Å². The van der Waals surface area contributed by atoms with Crippen molar-refractivity contribution in [2.75, 3.05) is 19.7 Å². The molecule has 0 aromatic rings. The van der Waals surface area contributed by atoms with Gasteiger partial charge in [0.1, 0.15) is 0 Å². The fourth-order valence-corrected chi connectivity index (χ4v) is 2.92. The van der Waals surface area contributed by atoms with Crippen LogP contribution in [0.15, 0.2) is 0 Å². The molecule has 0 unspecified atom stereocenters. The van der Waals surface area contributed by atoms with Crippen LogP contribution in [0.4, 0.5) is 0 Å². The molecular formula is C14H24N2O4. The summed E-state index contributed by atoms with van der Waals surface area (Å²) in [5, 5.41) is 15.1. The lowest BCUT2D eigenvalue weighted by atomic mass is 10.1. The molecule has 2 aliphatic rings. The van der Waals surface area contributed by atoms with Crippen LogP contribution in [-0.2, 0) is 14.3 Å². The number of carbonyl (C=O) groups is 2. The fraction of sp³-hybridized carbons (Fsp3) is 0.857. The number of rotatable bonds is 6. The van der Waals surface area contributed by atoms with Gasteiger partial charge in [0.2, 0.25) is 5.91 Å². The molecule has 6 heteroatoms. The monoisotopic (exact) mass is 284 g/mol. The quantitative estimate of drug-likeness (QED) is 0.661. The summed E-state index contributed by atoms with van der Waals surface area (Å²) in [7, 11) is 0. The van der Waals surface area contributed by atoms with Gasteiger partial charge in [-0.05, 0) is 45.2 Å². The molecule has 2 fully saturated rings. The summed E-state index contributed by atoms with van der Waals surface area (Å²) in [6.45, 7) is 2.41. The Bertz CT molecular complexity index is 342. The van der Waals surface area contributed by atoms with Gasteiger partial charge in [0.05, 0.1) is 18.6 Å². The number of hydrogen-bond donors (Lipinski definition) is 3. The highest BCUT2D eigenvalue weighted by atomic mass is 16.5. The minimum absolute atomic E-state index is 0.0162. The van der Waals surface area contributed by atoms with Gasteiger partial charge in [-0.1, -0.05) is 0 Å².